The van der Waals surface area contributed by atoms with Crippen LogP contribution in [0.1, 0.15) is 12.6 Å². The van der Waals surface area contributed by atoms with Crippen molar-refractivity contribution in [3.63, 3.8) is 0 Å². The molecule has 0 aliphatic carbocycles. The van der Waals surface area contributed by atoms with Crippen LogP contribution in [0.2, 0.25) is 5.02 Å². The van der Waals surface area contributed by atoms with E-state index in [1.165, 1.54) is 0 Å². The third-order valence-corrected chi connectivity index (χ3v) is 3.30. The standard InChI is InChI=1S/C13H8ClF4N3O4/c1-5(22)25-12-6(14)3-7(15)10(11(12)21(23)24)8-4-9(13(16,17)18)20(2)19-8/h3-4H,1-2H3. The second-order valence-electron chi connectivity index (χ2n) is 4.78. The number of carbonyl (C=O) groups excluding carboxylic acids is 1. The molecule has 0 N–H and O–H groups in total. The number of ether oxygens (including phenoxy) is 1. The van der Waals surface area contributed by atoms with E-state index in [2.05, 4.69) is 9.84 Å². The predicted molar refractivity (Wildman–Crippen MR) is 76.6 cm³/mol. The van der Waals surface area contributed by atoms with Gasteiger partial charge in [-0.15, -0.1) is 0 Å². The first-order valence-electron chi connectivity index (χ1n) is 6.40. The number of aryl methyl sites for hydroxylation is 1. The Hall–Kier alpha value is -2.69. The average Bonchev–Trinajstić information content (AvgIpc) is 2.82. The molecule has 0 atom stereocenters. The Kier molecular flexibility index (Phi) is 4.71. The smallest absolute Gasteiger partial charge is 0.418 e. The van der Waals surface area contributed by atoms with Crippen LogP contribution in [-0.4, -0.2) is 20.7 Å². The van der Waals surface area contributed by atoms with E-state index in [9.17, 15) is 32.5 Å². The molecule has 1 heterocycles. The third-order valence-electron chi connectivity index (χ3n) is 3.02. The van der Waals surface area contributed by atoms with Crippen molar-refractivity contribution >= 4 is 23.3 Å². The molecule has 1 aromatic heterocycles. The quantitative estimate of drug-likeness (QED) is 0.266. The van der Waals surface area contributed by atoms with E-state index < -0.39 is 56.3 Å². The van der Waals surface area contributed by atoms with Crippen LogP contribution in [0.5, 0.6) is 5.75 Å². The molecule has 0 bridgehead atoms. The summed E-state index contributed by atoms with van der Waals surface area (Å²) in [6.45, 7) is 0.922. The molecule has 0 amide bonds. The summed E-state index contributed by atoms with van der Waals surface area (Å²) in [5, 5.41) is 14.2. The number of alkyl halides is 3. The van der Waals surface area contributed by atoms with Gasteiger partial charge in [0.1, 0.15) is 22.8 Å². The number of hydrogen-bond donors (Lipinski definition) is 0. The van der Waals surface area contributed by atoms with Gasteiger partial charge in [0.25, 0.3) is 0 Å². The summed E-state index contributed by atoms with van der Waals surface area (Å²) < 4.78 is 57.9. The fourth-order valence-corrected chi connectivity index (χ4v) is 2.33. The van der Waals surface area contributed by atoms with Crippen LogP contribution in [0.4, 0.5) is 23.2 Å². The molecule has 1 aromatic carbocycles. The van der Waals surface area contributed by atoms with Crippen molar-refractivity contribution in [3.8, 4) is 17.0 Å². The minimum absolute atomic E-state index is 0.401. The highest BCUT2D eigenvalue weighted by molar-refractivity contribution is 6.32. The van der Waals surface area contributed by atoms with Gasteiger partial charge in [-0.05, 0) is 12.1 Å². The van der Waals surface area contributed by atoms with Gasteiger partial charge in [-0.3, -0.25) is 19.6 Å². The zero-order valence-corrected chi connectivity index (χ0v) is 13.3. The Balaban J connectivity index is 2.82. The molecule has 0 unspecified atom stereocenters. The molecule has 25 heavy (non-hydrogen) atoms. The summed E-state index contributed by atoms with van der Waals surface area (Å²) in [6.07, 6.45) is -4.81. The molecule has 0 aliphatic heterocycles. The largest absolute Gasteiger partial charge is 0.433 e. The van der Waals surface area contributed by atoms with E-state index in [4.69, 9.17) is 11.6 Å². The summed E-state index contributed by atoms with van der Waals surface area (Å²) in [5.41, 5.74) is -3.90. The van der Waals surface area contributed by atoms with Crippen molar-refractivity contribution in [2.24, 2.45) is 7.05 Å². The fourth-order valence-electron chi connectivity index (χ4n) is 2.10. The SMILES string of the molecule is CC(=O)Oc1c(Cl)cc(F)c(-c2cc(C(F)(F)F)n(C)n2)c1[N+](=O)[O-]. The average molecular weight is 382 g/mol. The molecule has 0 spiro atoms. The maximum atomic E-state index is 14.3. The zero-order chi connectivity index (χ0) is 19.1. The van der Waals surface area contributed by atoms with Crippen LogP contribution >= 0.6 is 11.6 Å². The highest BCUT2D eigenvalue weighted by Crippen LogP contribution is 2.45. The van der Waals surface area contributed by atoms with E-state index in [0.717, 1.165) is 14.0 Å². The molecule has 0 saturated carbocycles. The van der Waals surface area contributed by atoms with Gasteiger partial charge in [0.15, 0.2) is 0 Å². The first kappa shape index (κ1) is 18.6. The van der Waals surface area contributed by atoms with Gasteiger partial charge in [0, 0.05) is 14.0 Å². The van der Waals surface area contributed by atoms with Crippen LogP contribution in [0.25, 0.3) is 11.3 Å². The van der Waals surface area contributed by atoms with Gasteiger partial charge in [-0.2, -0.15) is 18.3 Å². The number of nitro benzene ring substituents is 1. The molecule has 12 heteroatoms. The highest BCUT2D eigenvalue weighted by atomic mass is 35.5. The Morgan fingerprint density at radius 2 is 2.00 bits per heavy atom. The van der Waals surface area contributed by atoms with Gasteiger partial charge in [-0.25, -0.2) is 4.39 Å². The molecule has 0 aliphatic rings. The Morgan fingerprint density at radius 1 is 1.40 bits per heavy atom. The second-order valence-corrected chi connectivity index (χ2v) is 5.19. The van der Waals surface area contributed by atoms with Crippen LogP contribution in [-0.2, 0) is 18.0 Å². The fraction of sp³-hybridized carbons (Fsp3) is 0.231. The molecule has 2 rings (SSSR count). The minimum Gasteiger partial charge on any atom is -0.418 e. The van der Waals surface area contributed by atoms with Crippen molar-refractivity contribution in [2.45, 2.75) is 13.1 Å². The van der Waals surface area contributed by atoms with E-state index >= 15 is 0 Å². The molecular formula is C13H8ClF4N3O4. The Bertz CT molecular complexity index is 879. The lowest BCUT2D eigenvalue weighted by Gasteiger charge is -2.09. The summed E-state index contributed by atoms with van der Waals surface area (Å²) in [4.78, 5) is 21.3. The van der Waals surface area contributed by atoms with Crippen molar-refractivity contribution in [2.75, 3.05) is 0 Å². The monoisotopic (exact) mass is 381 g/mol. The summed E-state index contributed by atoms with van der Waals surface area (Å²) in [5.74, 6) is -3.06. The number of rotatable bonds is 3. The highest BCUT2D eigenvalue weighted by Gasteiger charge is 2.38. The van der Waals surface area contributed by atoms with Crippen LogP contribution in [0.3, 0.4) is 0 Å². The van der Waals surface area contributed by atoms with E-state index in [0.29, 0.717) is 16.8 Å². The third kappa shape index (κ3) is 3.55. The number of aromatic nitrogens is 2. The number of nitrogens with zero attached hydrogens (tertiary/aromatic N) is 3. The molecule has 0 saturated heterocycles. The van der Waals surface area contributed by atoms with Crippen molar-refractivity contribution in [1.82, 2.24) is 9.78 Å². The molecular weight excluding hydrogens is 374 g/mol. The number of halogens is 5. The molecule has 7 nitrogen and oxygen atoms in total. The van der Waals surface area contributed by atoms with Crippen LogP contribution < -0.4 is 4.74 Å². The number of hydrogen-bond acceptors (Lipinski definition) is 5. The van der Waals surface area contributed by atoms with Crippen LogP contribution in [0.15, 0.2) is 12.1 Å². The van der Waals surface area contributed by atoms with Gasteiger partial charge in [-0.1, -0.05) is 11.6 Å². The van der Waals surface area contributed by atoms with Gasteiger partial charge in [0.2, 0.25) is 5.75 Å². The maximum absolute atomic E-state index is 14.3. The molecule has 134 valence electrons. The lowest BCUT2D eigenvalue weighted by Crippen LogP contribution is -2.11. The van der Waals surface area contributed by atoms with Gasteiger partial charge >= 0.3 is 17.8 Å². The summed E-state index contributed by atoms with van der Waals surface area (Å²) in [6, 6.07) is 1.03. The van der Waals surface area contributed by atoms with Crippen molar-refractivity contribution in [1.29, 1.82) is 0 Å². The molecule has 0 radical (unpaired) electrons. The Labute approximate surface area is 141 Å². The number of esters is 1. The second kappa shape index (κ2) is 6.31. The van der Waals surface area contributed by atoms with Crippen molar-refractivity contribution in [3.05, 3.63) is 38.8 Å². The summed E-state index contributed by atoms with van der Waals surface area (Å²) >= 11 is 5.66. The van der Waals surface area contributed by atoms with E-state index in [-0.39, 0.29) is 0 Å². The lowest BCUT2D eigenvalue weighted by atomic mass is 10.1. The van der Waals surface area contributed by atoms with Crippen molar-refractivity contribution < 1.29 is 32.0 Å². The lowest BCUT2D eigenvalue weighted by molar-refractivity contribution is -0.385. The van der Waals surface area contributed by atoms with E-state index in [1.807, 2.05) is 0 Å². The minimum atomic E-state index is -4.81. The van der Waals surface area contributed by atoms with Gasteiger partial charge < -0.3 is 4.74 Å². The number of carbonyl (C=O) groups is 1. The topological polar surface area (TPSA) is 87.3 Å². The maximum Gasteiger partial charge on any atom is 0.433 e. The first-order valence-corrected chi connectivity index (χ1v) is 6.77. The van der Waals surface area contributed by atoms with Gasteiger partial charge in [0.05, 0.1) is 9.95 Å². The number of benzene rings is 1. The first-order chi connectivity index (χ1) is 11.4. The number of nitro groups is 1. The zero-order valence-electron chi connectivity index (χ0n) is 12.5. The van der Waals surface area contributed by atoms with E-state index in [1.54, 1.807) is 0 Å². The molecule has 2 aromatic rings. The predicted octanol–water partition coefficient (Wildman–Crippen LogP) is 3.73. The summed E-state index contributed by atoms with van der Waals surface area (Å²) in [7, 11) is 0.943. The molecule has 0 fully saturated rings. The van der Waals surface area contributed by atoms with Crippen LogP contribution in [0, 0.1) is 15.9 Å². The Morgan fingerprint density at radius 3 is 2.44 bits per heavy atom. The normalized spacial score (nSPS) is 11.5.